The van der Waals surface area contributed by atoms with Gasteiger partial charge in [0.1, 0.15) is 6.67 Å². The minimum atomic E-state index is -1.25. The molecule has 0 amide bonds. The molecule has 0 saturated heterocycles. The van der Waals surface area contributed by atoms with E-state index >= 15 is 0 Å². The number of alkyl halides is 1. The van der Waals surface area contributed by atoms with Crippen molar-refractivity contribution in [2.75, 3.05) is 6.67 Å². The maximum Gasteiger partial charge on any atom is 0.338 e. The fraction of sp³-hybridized carbons (Fsp3) is 0.250. The van der Waals surface area contributed by atoms with Crippen LogP contribution in [0.15, 0.2) is 17.1 Å². The van der Waals surface area contributed by atoms with Crippen molar-refractivity contribution < 1.29 is 14.3 Å². The SMILES string of the molecule is O=C(O)c1cn(CCF)c(=O)cc1Cl. The average molecular weight is 220 g/mol. The molecule has 0 fully saturated rings. The lowest BCUT2D eigenvalue weighted by Gasteiger charge is -2.04. The van der Waals surface area contributed by atoms with Gasteiger partial charge >= 0.3 is 5.97 Å². The van der Waals surface area contributed by atoms with Crippen LogP contribution in [0, 0.1) is 0 Å². The van der Waals surface area contributed by atoms with Crippen LogP contribution in [0.3, 0.4) is 0 Å². The first kappa shape index (κ1) is 10.7. The summed E-state index contributed by atoms with van der Waals surface area (Å²) < 4.78 is 12.9. The van der Waals surface area contributed by atoms with Crippen molar-refractivity contribution in [1.82, 2.24) is 4.57 Å². The van der Waals surface area contributed by atoms with Crippen molar-refractivity contribution in [2.24, 2.45) is 0 Å². The summed E-state index contributed by atoms with van der Waals surface area (Å²) in [5.74, 6) is -1.25. The van der Waals surface area contributed by atoms with Crippen LogP contribution in [0.5, 0.6) is 0 Å². The van der Waals surface area contributed by atoms with Crippen molar-refractivity contribution in [2.45, 2.75) is 6.54 Å². The molecule has 0 aromatic carbocycles. The molecule has 1 rings (SSSR count). The lowest BCUT2D eigenvalue weighted by molar-refractivity contribution is 0.0696. The lowest BCUT2D eigenvalue weighted by atomic mass is 10.3. The summed E-state index contributed by atoms with van der Waals surface area (Å²) in [7, 11) is 0. The third-order valence-corrected chi connectivity index (χ3v) is 1.94. The van der Waals surface area contributed by atoms with E-state index in [1.54, 1.807) is 0 Å². The summed E-state index contributed by atoms with van der Waals surface area (Å²) >= 11 is 5.51. The van der Waals surface area contributed by atoms with Gasteiger partial charge in [0.15, 0.2) is 0 Å². The molecular formula is C8H7ClFNO3. The first-order valence-electron chi connectivity index (χ1n) is 3.75. The summed E-state index contributed by atoms with van der Waals surface area (Å²) in [6.45, 7) is -0.906. The van der Waals surface area contributed by atoms with Crippen LogP contribution in [0.25, 0.3) is 0 Å². The number of carboxylic acid groups (broad SMARTS) is 1. The van der Waals surface area contributed by atoms with E-state index in [2.05, 4.69) is 0 Å². The van der Waals surface area contributed by atoms with Gasteiger partial charge in [-0.05, 0) is 0 Å². The Hall–Kier alpha value is -1.36. The summed E-state index contributed by atoms with van der Waals surface area (Å²) in [4.78, 5) is 21.7. The highest BCUT2D eigenvalue weighted by molar-refractivity contribution is 6.33. The summed E-state index contributed by atoms with van der Waals surface area (Å²) in [5.41, 5.74) is -0.725. The van der Waals surface area contributed by atoms with Crippen molar-refractivity contribution >= 4 is 17.6 Å². The third kappa shape index (κ3) is 2.11. The van der Waals surface area contributed by atoms with Crippen molar-refractivity contribution in [1.29, 1.82) is 0 Å². The Morgan fingerprint density at radius 1 is 1.64 bits per heavy atom. The molecule has 0 atom stereocenters. The van der Waals surface area contributed by atoms with Gasteiger partial charge in [0.25, 0.3) is 5.56 Å². The molecule has 1 heterocycles. The second-order valence-corrected chi connectivity index (χ2v) is 2.97. The highest BCUT2D eigenvalue weighted by Gasteiger charge is 2.11. The molecule has 0 unspecified atom stereocenters. The maximum absolute atomic E-state index is 12.0. The number of nitrogens with zero attached hydrogens (tertiary/aromatic N) is 1. The van der Waals surface area contributed by atoms with E-state index in [1.165, 1.54) is 0 Å². The highest BCUT2D eigenvalue weighted by atomic mass is 35.5. The molecule has 0 aliphatic heterocycles. The minimum Gasteiger partial charge on any atom is -0.478 e. The number of aromatic nitrogens is 1. The van der Waals surface area contributed by atoms with Crippen LogP contribution in [0.4, 0.5) is 4.39 Å². The summed E-state index contributed by atoms with van der Waals surface area (Å²) in [5, 5.41) is 8.51. The van der Waals surface area contributed by atoms with Crippen molar-refractivity contribution in [3.05, 3.63) is 33.2 Å². The number of rotatable bonds is 3. The van der Waals surface area contributed by atoms with E-state index in [9.17, 15) is 14.0 Å². The molecule has 0 saturated carbocycles. The third-order valence-electron chi connectivity index (χ3n) is 1.63. The van der Waals surface area contributed by atoms with Gasteiger partial charge in [0, 0.05) is 12.3 Å². The maximum atomic E-state index is 12.0. The molecule has 1 N–H and O–H groups in total. The zero-order valence-electron chi connectivity index (χ0n) is 7.04. The Bertz CT molecular complexity index is 416. The Labute approximate surface area is 83.5 Å². The van der Waals surface area contributed by atoms with Gasteiger partial charge in [-0.2, -0.15) is 0 Å². The first-order chi connectivity index (χ1) is 6.56. The van der Waals surface area contributed by atoms with Gasteiger partial charge in [0.05, 0.1) is 17.1 Å². The number of pyridine rings is 1. The Morgan fingerprint density at radius 2 is 2.29 bits per heavy atom. The van der Waals surface area contributed by atoms with Crippen LogP contribution in [-0.2, 0) is 6.54 Å². The highest BCUT2D eigenvalue weighted by Crippen LogP contribution is 2.12. The van der Waals surface area contributed by atoms with E-state index < -0.39 is 18.2 Å². The van der Waals surface area contributed by atoms with E-state index in [0.717, 1.165) is 16.8 Å². The molecule has 1 aromatic rings. The molecule has 0 aliphatic rings. The first-order valence-corrected chi connectivity index (χ1v) is 4.13. The second kappa shape index (κ2) is 4.23. The molecule has 4 nitrogen and oxygen atoms in total. The van der Waals surface area contributed by atoms with E-state index in [4.69, 9.17) is 16.7 Å². The zero-order chi connectivity index (χ0) is 10.7. The normalized spacial score (nSPS) is 10.1. The predicted octanol–water partition coefficient (Wildman–Crippen LogP) is 1.17. The molecule has 76 valence electrons. The lowest BCUT2D eigenvalue weighted by Crippen LogP contribution is -2.21. The smallest absolute Gasteiger partial charge is 0.338 e. The average Bonchev–Trinajstić information content (AvgIpc) is 2.09. The second-order valence-electron chi connectivity index (χ2n) is 2.56. The number of aromatic carboxylic acids is 1. The fourth-order valence-corrected chi connectivity index (χ4v) is 1.20. The van der Waals surface area contributed by atoms with Crippen LogP contribution >= 0.6 is 11.6 Å². The minimum absolute atomic E-state index is 0.141. The number of hydrogen-bond acceptors (Lipinski definition) is 2. The van der Waals surface area contributed by atoms with Crippen molar-refractivity contribution in [3.63, 3.8) is 0 Å². The molecule has 14 heavy (non-hydrogen) atoms. The van der Waals surface area contributed by atoms with E-state index in [0.29, 0.717) is 0 Å². The molecule has 1 aromatic heterocycles. The number of hydrogen-bond donors (Lipinski definition) is 1. The van der Waals surface area contributed by atoms with Crippen LogP contribution in [-0.4, -0.2) is 22.3 Å². The quantitative estimate of drug-likeness (QED) is 0.830. The monoisotopic (exact) mass is 219 g/mol. The molecule has 0 bridgehead atoms. The van der Waals surface area contributed by atoms with Gasteiger partial charge in [-0.25, -0.2) is 9.18 Å². The summed E-state index contributed by atoms with van der Waals surface area (Å²) in [6.07, 6.45) is 1.03. The Balaban J connectivity index is 3.27. The van der Waals surface area contributed by atoms with Gasteiger partial charge in [-0.1, -0.05) is 11.6 Å². The molecule has 0 spiro atoms. The van der Waals surface area contributed by atoms with Gasteiger partial charge < -0.3 is 9.67 Å². The summed E-state index contributed by atoms with van der Waals surface area (Å²) in [6, 6.07) is 0.959. The van der Waals surface area contributed by atoms with Crippen LogP contribution in [0.2, 0.25) is 5.02 Å². The molecule has 6 heteroatoms. The predicted molar refractivity (Wildman–Crippen MR) is 48.6 cm³/mol. The largest absolute Gasteiger partial charge is 0.478 e. The molecular weight excluding hydrogens is 213 g/mol. The molecule has 0 radical (unpaired) electrons. The number of halogens is 2. The Kier molecular flexibility index (Phi) is 3.24. The van der Waals surface area contributed by atoms with Gasteiger partial charge in [-0.15, -0.1) is 0 Å². The number of aryl methyl sites for hydroxylation is 1. The standard InChI is InChI=1S/C8H7ClFNO3/c9-6-3-7(12)11(2-1-10)4-5(6)8(13)14/h3-4H,1-2H2,(H,13,14). The molecule has 0 aliphatic carbocycles. The van der Waals surface area contributed by atoms with E-state index in [1.807, 2.05) is 0 Å². The topological polar surface area (TPSA) is 59.3 Å². The zero-order valence-corrected chi connectivity index (χ0v) is 7.79. The Morgan fingerprint density at radius 3 is 2.79 bits per heavy atom. The fourth-order valence-electron chi connectivity index (χ4n) is 0.973. The number of carboxylic acids is 1. The van der Waals surface area contributed by atoms with Gasteiger partial charge in [0.2, 0.25) is 0 Å². The van der Waals surface area contributed by atoms with Gasteiger partial charge in [-0.3, -0.25) is 4.79 Å². The van der Waals surface area contributed by atoms with Crippen LogP contribution < -0.4 is 5.56 Å². The van der Waals surface area contributed by atoms with Crippen molar-refractivity contribution in [3.8, 4) is 0 Å². The number of carbonyl (C=O) groups is 1. The van der Waals surface area contributed by atoms with Crippen LogP contribution in [0.1, 0.15) is 10.4 Å². The van der Waals surface area contributed by atoms with E-state index in [-0.39, 0.29) is 17.1 Å².